The molecular weight excluding hydrogens is 172 g/mol. The molecule has 13 heavy (non-hydrogen) atoms. The van der Waals surface area contributed by atoms with Gasteiger partial charge in [0.05, 0.1) is 0 Å². The molecule has 0 amide bonds. The van der Waals surface area contributed by atoms with E-state index in [0.29, 0.717) is 12.0 Å². The van der Waals surface area contributed by atoms with Crippen LogP contribution < -0.4 is 5.73 Å². The van der Waals surface area contributed by atoms with E-state index in [0.717, 1.165) is 12.5 Å². The zero-order valence-corrected chi connectivity index (χ0v) is 7.56. The largest absolute Gasteiger partial charge is 0.327 e. The van der Waals surface area contributed by atoms with Crippen molar-refractivity contribution in [1.29, 1.82) is 0 Å². The molecule has 3 heteroatoms. The smallest absolute Gasteiger partial charge is 0.129 e. The van der Waals surface area contributed by atoms with E-state index in [9.17, 15) is 8.78 Å². The quantitative estimate of drug-likeness (QED) is 0.767. The first kappa shape index (κ1) is 10.1. The van der Waals surface area contributed by atoms with Gasteiger partial charge in [-0.2, -0.15) is 0 Å². The van der Waals surface area contributed by atoms with Crippen LogP contribution in [0.15, 0.2) is 18.2 Å². The van der Waals surface area contributed by atoms with Gasteiger partial charge in [-0.25, -0.2) is 8.78 Å². The Bertz CT molecular complexity index is 286. The Labute approximate surface area is 76.6 Å². The van der Waals surface area contributed by atoms with Crippen LogP contribution in [-0.2, 0) is 6.42 Å². The fraction of sp³-hybridized carbons (Fsp3) is 0.400. The summed E-state index contributed by atoms with van der Waals surface area (Å²) in [6.45, 7) is 1.94. The molecule has 1 aromatic rings. The van der Waals surface area contributed by atoms with Gasteiger partial charge in [0.25, 0.3) is 0 Å². The van der Waals surface area contributed by atoms with Crippen LogP contribution >= 0.6 is 0 Å². The van der Waals surface area contributed by atoms with Crippen molar-refractivity contribution in [3.8, 4) is 0 Å². The zero-order valence-electron chi connectivity index (χ0n) is 7.56. The van der Waals surface area contributed by atoms with Crippen molar-refractivity contribution >= 4 is 0 Å². The van der Waals surface area contributed by atoms with Crippen molar-refractivity contribution in [2.24, 2.45) is 5.73 Å². The highest BCUT2D eigenvalue weighted by Crippen LogP contribution is 2.11. The van der Waals surface area contributed by atoms with Gasteiger partial charge in [-0.1, -0.05) is 13.0 Å². The standard InChI is InChI=1S/C10H13F2N/c1-2-9(13)5-7-3-4-8(11)6-10(7)12/h3-4,6,9H,2,5,13H2,1H3/t9-/m1/s1. The van der Waals surface area contributed by atoms with Crippen molar-refractivity contribution < 1.29 is 8.78 Å². The summed E-state index contributed by atoms with van der Waals surface area (Å²) in [6, 6.07) is 3.53. The van der Waals surface area contributed by atoms with Crippen LogP contribution in [-0.4, -0.2) is 6.04 Å². The van der Waals surface area contributed by atoms with Crippen LogP contribution in [0.4, 0.5) is 8.78 Å². The summed E-state index contributed by atoms with van der Waals surface area (Å²) >= 11 is 0. The van der Waals surface area contributed by atoms with Crippen LogP contribution in [0, 0.1) is 11.6 Å². The van der Waals surface area contributed by atoms with Gasteiger partial charge in [0.15, 0.2) is 0 Å². The first-order valence-electron chi connectivity index (χ1n) is 4.33. The molecule has 2 N–H and O–H groups in total. The lowest BCUT2D eigenvalue weighted by Crippen LogP contribution is -2.21. The van der Waals surface area contributed by atoms with E-state index in [1.807, 2.05) is 6.92 Å². The predicted molar refractivity (Wildman–Crippen MR) is 48.3 cm³/mol. The molecule has 0 unspecified atom stereocenters. The summed E-state index contributed by atoms with van der Waals surface area (Å²) in [7, 11) is 0. The number of rotatable bonds is 3. The Morgan fingerprint density at radius 3 is 2.62 bits per heavy atom. The zero-order chi connectivity index (χ0) is 9.84. The number of halogens is 2. The Morgan fingerprint density at radius 1 is 1.38 bits per heavy atom. The summed E-state index contributed by atoms with van der Waals surface area (Å²) in [5, 5.41) is 0. The van der Waals surface area contributed by atoms with Crippen LogP contribution in [0.1, 0.15) is 18.9 Å². The molecule has 0 radical (unpaired) electrons. The topological polar surface area (TPSA) is 26.0 Å². The van der Waals surface area contributed by atoms with Gasteiger partial charge in [-0.15, -0.1) is 0 Å². The van der Waals surface area contributed by atoms with E-state index >= 15 is 0 Å². The highest BCUT2D eigenvalue weighted by atomic mass is 19.1. The molecule has 0 aliphatic heterocycles. The second-order valence-electron chi connectivity index (χ2n) is 3.11. The first-order valence-corrected chi connectivity index (χ1v) is 4.33. The summed E-state index contributed by atoms with van der Waals surface area (Å²) in [4.78, 5) is 0. The summed E-state index contributed by atoms with van der Waals surface area (Å²) < 4.78 is 25.5. The maximum atomic E-state index is 13.1. The van der Waals surface area contributed by atoms with Crippen LogP contribution in [0.3, 0.4) is 0 Å². The lowest BCUT2D eigenvalue weighted by molar-refractivity contribution is 0.556. The van der Waals surface area contributed by atoms with E-state index in [1.165, 1.54) is 12.1 Å². The minimum atomic E-state index is -0.550. The summed E-state index contributed by atoms with van der Waals surface area (Å²) in [6.07, 6.45) is 1.25. The van der Waals surface area contributed by atoms with E-state index in [2.05, 4.69) is 0 Å². The molecule has 0 saturated heterocycles. The fourth-order valence-electron chi connectivity index (χ4n) is 1.11. The molecule has 1 rings (SSSR count). The van der Waals surface area contributed by atoms with Gasteiger partial charge in [-0.05, 0) is 24.5 Å². The van der Waals surface area contributed by atoms with Gasteiger partial charge in [0.2, 0.25) is 0 Å². The van der Waals surface area contributed by atoms with Crippen molar-refractivity contribution in [3.63, 3.8) is 0 Å². The Morgan fingerprint density at radius 2 is 2.08 bits per heavy atom. The molecule has 1 aromatic carbocycles. The molecule has 0 aromatic heterocycles. The lowest BCUT2D eigenvalue weighted by atomic mass is 10.0. The summed E-state index contributed by atoms with van der Waals surface area (Å²) in [5.41, 5.74) is 6.13. The van der Waals surface area contributed by atoms with E-state index in [-0.39, 0.29) is 6.04 Å². The molecule has 72 valence electrons. The molecular formula is C10H13F2N. The number of hydrogen-bond acceptors (Lipinski definition) is 1. The minimum absolute atomic E-state index is 0.0556. The highest BCUT2D eigenvalue weighted by molar-refractivity contribution is 5.19. The lowest BCUT2D eigenvalue weighted by Gasteiger charge is -2.08. The second kappa shape index (κ2) is 4.33. The second-order valence-corrected chi connectivity index (χ2v) is 3.11. The molecule has 0 aliphatic carbocycles. The molecule has 0 saturated carbocycles. The van der Waals surface area contributed by atoms with Gasteiger partial charge in [0, 0.05) is 12.1 Å². The third kappa shape index (κ3) is 2.77. The predicted octanol–water partition coefficient (Wildman–Crippen LogP) is 2.24. The Balaban J connectivity index is 2.77. The normalized spacial score (nSPS) is 12.9. The molecule has 0 aliphatic rings. The monoisotopic (exact) mass is 185 g/mol. The first-order chi connectivity index (χ1) is 6.13. The van der Waals surface area contributed by atoms with E-state index < -0.39 is 11.6 Å². The maximum Gasteiger partial charge on any atom is 0.129 e. The molecule has 0 fully saturated rings. The van der Waals surface area contributed by atoms with Gasteiger partial charge in [-0.3, -0.25) is 0 Å². The average molecular weight is 185 g/mol. The van der Waals surface area contributed by atoms with Crippen molar-refractivity contribution in [3.05, 3.63) is 35.4 Å². The van der Waals surface area contributed by atoms with Crippen LogP contribution in [0.5, 0.6) is 0 Å². The van der Waals surface area contributed by atoms with Crippen molar-refractivity contribution in [2.45, 2.75) is 25.8 Å². The highest BCUT2D eigenvalue weighted by Gasteiger charge is 2.07. The molecule has 1 nitrogen and oxygen atoms in total. The van der Waals surface area contributed by atoms with Crippen LogP contribution in [0.2, 0.25) is 0 Å². The van der Waals surface area contributed by atoms with Crippen molar-refractivity contribution in [1.82, 2.24) is 0 Å². The number of benzene rings is 1. The third-order valence-corrected chi connectivity index (χ3v) is 2.02. The van der Waals surface area contributed by atoms with Gasteiger partial charge < -0.3 is 5.73 Å². The molecule has 1 atom stereocenters. The van der Waals surface area contributed by atoms with Crippen LogP contribution in [0.25, 0.3) is 0 Å². The molecule has 0 heterocycles. The van der Waals surface area contributed by atoms with E-state index in [1.54, 1.807) is 0 Å². The summed E-state index contributed by atoms with van der Waals surface area (Å²) in [5.74, 6) is -1.06. The molecule has 0 bridgehead atoms. The number of nitrogens with two attached hydrogens (primary N) is 1. The van der Waals surface area contributed by atoms with Crippen molar-refractivity contribution in [2.75, 3.05) is 0 Å². The van der Waals surface area contributed by atoms with Gasteiger partial charge in [0.1, 0.15) is 11.6 Å². The average Bonchev–Trinajstić information content (AvgIpc) is 2.09. The van der Waals surface area contributed by atoms with E-state index in [4.69, 9.17) is 5.73 Å². The third-order valence-electron chi connectivity index (χ3n) is 2.02. The Hall–Kier alpha value is -0.960. The molecule has 0 spiro atoms. The fourth-order valence-corrected chi connectivity index (χ4v) is 1.11. The Kier molecular flexibility index (Phi) is 3.37. The number of hydrogen-bond donors (Lipinski definition) is 1. The minimum Gasteiger partial charge on any atom is -0.327 e. The maximum absolute atomic E-state index is 13.1. The van der Waals surface area contributed by atoms with Gasteiger partial charge >= 0.3 is 0 Å². The SMILES string of the molecule is CC[C@@H](N)Cc1ccc(F)cc1F.